The van der Waals surface area contributed by atoms with Crippen LogP contribution in [0.2, 0.25) is 0 Å². The van der Waals surface area contributed by atoms with Crippen molar-refractivity contribution in [1.29, 1.82) is 0 Å². The van der Waals surface area contributed by atoms with E-state index in [0.717, 1.165) is 18.6 Å². The fraction of sp³-hybridized carbons (Fsp3) is 0.556. The molecule has 0 fully saturated rings. The highest BCUT2D eigenvalue weighted by atomic mass is 35.5. The number of ether oxygens (including phenoxy) is 1. The monoisotopic (exact) mass is 204 g/mol. The normalized spacial score (nSPS) is 28.4. The van der Waals surface area contributed by atoms with Crippen LogP contribution in [0.5, 0.6) is 0 Å². The fourth-order valence-electron chi connectivity index (χ4n) is 1.23. The van der Waals surface area contributed by atoms with Crippen molar-refractivity contribution in [2.75, 3.05) is 13.0 Å². The molecule has 0 amide bonds. The molecule has 0 aliphatic heterocycles. The molecule has 68 valence electrons. The molecule has 1 atom stereocenters. The summed E-state index contributed by atoms with van der Waals surface area (Å²) in [6.45, 7) is 0. The smallest absolute Gasteiger partial charge is 0.0972 e. The van der Waals surface area contributed by atoms with Crippen molar-refractivity contribution in [3.8, 4) is 0 Å². The highest BCUT2D eigenvalue weighted by Gasteiger charge is 2.25. The molecule has 1 aliphatic rings. The van der Waals surface area contributed by atoms with Gasteiger partial charge in [0.25, 0.3) is 0 Å². The van der Waals surface area contributed by atoms with E-state index in [2.05, 4.69) is 18.7 Å². The third-order valence-corrected chi connectivity index (χ3v) is 2.68. The summed E-state index contributed by atoms with van der Waals surface area (Å²) in [5, 5.41) is 0. The lowest BCUT2D eigenvalue weighted by Gasteiger charge is -2.27. The van der Waals surface area contributed by atoms with Gasteiger partial charge in [0.15, 0.2) is 0 Å². The van der Waals surface area contributed by atoms with Crippen molar-refractivity contribution >= 4 is 24.2 Å². The van der Waals surface area contributed by atoms with Gasteiger partial charge in [-0.3, -0.25) is 0 Å². The maximum atomic E-state index is 5.67. The van der Waals surface area contributed by atoms with E-state index < -0.39 is 0 Å². The maximum Gasteiger partial charge on any atom is 0.0972 e. The van der Waals surface area contributed by atoms with Crippen LogP contribution in [0.15, 0.2) is 24.0 Å². The number of rotatable bonds is 3. The first-order chi connectivity index (χ1) is 5.70. The molecule has 0 N–H and O–H groups in total. The van der Waals surface area contributed by atoms with Crippen molar-refractivity contribution in [2.45, 2.75) is 17.6 Å². The first kappa shape index (κ1) is 10.0. The Bertz CT molecular complexity index is 213. The molecular formula is C9H13ClOS. The van der Waals surface area contributed by atoms with Gasteiger partial charge in [-0.1, -0.05) is 12.2 Å². The molecule has 0 bridgehead atoms. The van der Waals surface area contributed by atoms with Gasteiger partial charge in [-0.2, -0.15) is 12.6 Å². The minimum atomic E-state index is -0.109. The molecule has 1 unspecified atom stereocenters. The molecule has 0 aromatic rings. The molecule has 0 heterocycles. The van der Waals surface area contributed by atoms with Crippen LogP contribution in [0.1, 0.15) is 12.8 Å². The fourth-order valence-corrected chi connectivity index (χ4v) is 2.05. The second-order valence-electron chi connectivity index (χ2n) is 2.92. The van der Waals surface area contributed by atoms with Crippen LogP contribution < -0.4 is 0 Å². The Labute approximate surface area is 83.8 Å². The van der Waals surface area contributed by atoms with Gasteiger partial charge in [-0.05, 0) is 12.5 Å². The van der Waals surface area contributed by atoms with Gasteiger partial charge in [0.05, 0.1) is 12.9 Å². The van der Waals surface area contributed by atoms with Crippen LogP contribution in [0.25, 0.3) is 0 Å². The summed E-state index contributed by atoms with van der Waals surface area (Å²) in [4.78, 5) is 0. The van der Waals surface area contributed by atoms with Crippen LogP contribution >= 0.6 is 24.2 Å². The standard InChI is InChI=1S/C9H13ClOS/c1-11-8-3-2-4-9(12,7-8)5-6-10/h2-4,12H,5-7H2,1H3. The molecule has 0 spiro atoms. The summed E-state index contributed by atoms with van der Waals surface area (Å²) < 4.78 is 5.04. The Morgan fingerprint density at radius 2 is 2.50 bits per heavy atom. The first-order valence-corrected chi connectivity index (χ1v) is 4.89. The molecule has 0 aromatic heterocycles. The number of methoxy groups -OCH3 is 1. The number of thiol groups is 1. The van der Waals surface area contributed by atoms with Crippen LogP contribution in [0, 0.1) is 0 Å². The molecule has 1 aliphatic carbocycles. The van der Waals surface area contributed by atoms with Gasteiger partial charge in [0.1, 0.15) is 0 Å². The summed E-state index contributed by atoms with van der Waals surface area (Å²) in [7, 11) is 1.68. The SMILES string of the molecule is COC1=CC=CC(S)(CCCl)C1. The van der Waals surface area contributed by atoms with Crippen molar-refractivity contribution in [1.82, 2.24) is 0 Å². The van der Waals surface area contributed by atoms with Gasteiger partial charge in [-0.25, -0.2) is 0 Å². The molecule has 0 aromatic carbocycles. The summed E-state index contributed by atoms with van der Waals surface area (Å²) in [6.07, 6.45) is 7.70. The predicted molar refractivity (Wildman–Crippen MR) is 55.9 cm³/mol. The number of hydrogen-bond acceptors (Lipinski definition) is 2. The Balaban J connectivity index is 2.62. The van der Waals surface area contributed by atoms with Gasteiger partial charge in [0.2, 0.25) is 0 Å². The van der Waals surface area contributed by atoms with E-state index in [1.54, 1.807) is 7.11 Å². The van der Waals surface area contributed by atoms with Crippen molar-refractivity contribution in [3.63, 3.8) is 0 Å². The van der Waals surface area contributed by atoms with E-state index in [1.165, 1.54) is 0 Å². The number of hydrogen-bond donors (Lipinski definition) is 1. The lowest BCUT2D eigenvalue weighted by atomic mass is 9.95. The second kappa shape index (κ2) is 4.24. The average molecular weight is 205 g/mol. The van der Waals surface area contributed by atoms with E-state index >= 15 is 0 Å². The lowest BCUT2D eigenvalue weighted by molar-refractivity contribution is 0.268. The number of halogens is 1. The molecule has 1 nitrogen and oxygen atoms in total. The summed E-state index contributed by atoms with van der Waals surface area (Å²) in [6, 6.07) is 0. The number of allylic oxidation sites excluding steroid dienone is 3. The molecule has 1 rings (SSSR count). The Hall–Kier alpha value is -0.0800. The predicted octanol–water partition coefficient (Wildman–Crippen LogP) is 2.77. The number of alkyl halides is 1. The third kappa shape index (κ3) is 2.46. The summed E-state index contributed by atoms with van der Waals surface area (Å²) >= 11 is 10.2. The molecule has 0 saturated heterocycles. The van der Waals surface area contributed by atoms with Crippen LogP contribution in [-0.4, -0.2) is 17.7 Å². The minimum absolute atomic E-state index is 0.109. The zero-order chi connectivity index (χ0) is 9.03. The molecule has 3 heteroatoms. The summed E-state index contributed by atoms with van der Waals surface area (Å²) in [5.74, 6) is 1.60. The second-order valence-corrected chi connectivity index (χ2v) is 4.18. The van der Waals surface area contributed by atoms with Crippen LogP contribution in [0.4, 0.5) is 0 Å². The zero-order valence-electron chi connectivity index (χ0n) is 7.09. The van der Waals surface area contributed by atoms with E-state index in [9.17, 15) is 0 Å². The lowest BCUT2D eigenvalue weighted by Crippen LogP contribution is -2.22. The quantitative estimate of drug-likeness (QED) is 0.550. The molecule has 0 saturated carbocycles. The Morgan fingerprint density at radius 3 is 3.08 bits per heavy atom. The Morgan fingerprint density at radius 1 is 1.75 bits per heavy atom. The van der Waals surface area contributed by atoms with Crippen LogP contribution in [-0.2, 0) is 4.74 Å². The van der Waals surface area contributed by atoms with Gasteiger partial charge in [-0.15, -0.1) is 11.6 Å². The van der Waals surface area contributed by atoms with E-state index in [1.807, 2.05) is 12.2 Å². The van der Waals surface area contributed by atoms with Gasteiger partial charge >= 0.3 is 0 Å². The maximum absolute atomic E-state index is 5.67. The first-order valence-electron chi connectivity index (χ1n) is 3.91. The van der Waals surface area contributed by atoms with Crippen molar-refractivity contribution in [2.24, 2.45) is 0 Å². The van der Waals surface area contributed by atoms with Crippen molar-refractivity contribution in [3.05, 3.63) is 24.0 Å². The summed E-state index contributed by atoms with van der Waals surface area (Å²) in [5.41, 5.74) is 0. The van der Waals surface area contributed by atoms with Gasteiger partial charge in [0, 0.05) is 17.0 Å². The third-order valence-electron chi connectivity index (χ3n) is 1.96. The van der Waals surface area contributed by atoms with E-state index in [0.29, 0.717) is 5.88 Å². The highest BCUT2D eigenvalue weighted by molar-refractivity contribution is 7.82. The van der Waals surface area contributed by atoms with Gasteiger partial charge < -0.3 is 4.74 Å². The molecule has 12 heavy (non-hydrogen) atoms. The van der Waals surface area contributed by atoms with E-state index in [4.69, 9.17) is 16.3 Å². The van der Waals surface area contributed by atoms with E-state index in [-0.39, 0.29) is 4.75 Å². The minimum Gasteiger partial charge on any atom is -0.501 e. The Kier molecular flexibility index (Phi) is 3.53. The largest absolute Gasteiger partial charge is 0.501 e. The molecular weight excluding hydrogens is 192 g/mol. The zero-order valence-corrected chi connectivity index (χ0v) is 8.74. The van der Waals surface area contributed by atoms with Crippen LogP contribution in [0.3, 0.4) is 0 Å². The topological polar surface area (TPSA) is 9.23 Å². The molecule has 0 radical (unpaired) electrons. The average Bonchev–Trinajstić information content (AvgIpc) is 2.04. The highest BCUT2D eigenvalue weighted by Crippen LogP contribution is 2.32. The van der Waals surface area contributed by atoms with Crippen molar-refractivity contribution < 1.29 is 4.74 Å².